The molecule has 3 N–H and O–H groups in total. The van der Waals surface area contributed by atoms with Crippen molar-refractivity contribution in [3.8, 4) is 0 Å². The van der Waals surface area contributed by atoms with Crippen LogP contribution in [0.15, 0.2) is 24.3 Å². The van der Waals surface area contributed by atoms with Gasteiger partial charge in [0.15, 0.2) is 11.6 Å². The molecule has 0 aromatic heterocycles. The average Bonchev–Trinajstić information content (AvgIpc) is 2.58. The van der Waals surface area contributed by atoms with E-state index in [1.807, 2.05) is 20.8 Å². The second-order valence-corrected chi connectivity index (χ2v) is 6.15. The Labute approximate surface area is 150 Å². The minimum absolute atomic E-state index is 0.130. The van der Waals surface area contributed by atoms with E-state index in [9.17, 15) is 18.0 Å². The van der Waals surface area contributed by atoms with Crippen molar-refractivity contribution in [2.75, 3.05) is 17.7 Å². The van der Waals surface area contributed by atoms with Gasteiger partial charge in [0.2, 0.25) is 0 Å². The minimum Gasteiger partial charge on any atom is -0.462 e. The number of rotatable bonds is 6. The summed E-state index contributed by atoms with van der Waals surface area (Å²) < 4.78 is 45.8. The van der Waals surface area contributed by atoms with E-state index in [4.69, 9.17) is 10.5 Å². The van der Waals surface area contributed by atoms with E-state index in [0.29, 0.717) is 23.6 Å². The van der Waals surface area contributed by atoms with Crippen LogP contribution in [0.5, 0.6) is 0 Å². The molecule has 0 heterocycles. The van der Waals surface area contributed by atoms with Crippen molar-refractivity contribution >= 4 is 23.0 Å². The molecule has 0 amide bonds. The number of hydrogen-bond acceptors (Lipinski definition) is 4. The smallest absolute Gasteiger partial charge is 0.338 e. The van der Waals surface area contributed by atoms with Crippen molar-refractivity contribution in [3.05, 3.63) is 52.8 Å². The summed E-state index contributed by atoms with van der Waals surface area (Å²) >= 11 is 0. The number of carbonyl (C=O) groups excluding carboxylic acids is 1. The first-order valence-electron chi connectivity index (χ1n) is 8.27. The number of anilines is 3. The van der Waals surface area contributed by atoms with Gasteiger partial charge in [0.05, 0.1) is 29.2 Å². The molecule has 0 saturated carbocycles. The minimum atomic E-state index is -1.31. The van der Waals surface area contributed by atoms with Crippen LogP contribution in [0.2, 0.25) is 0 Å². The number of halogens is 3. The predicted molar refractivity (Wildman–Crippen MR) is 95.1 cm³/mol. The molecule has 2 rings (SSSR count). The van der Waals surface area contributed by atoms with E-state index in [2.05, 4.69) is 5.32 Å². The maximum atomic E-state index is 13.9. The Bertz CT molecular complexity index is 823. The summed E-state index contributed by atoms with van der Waals surface area (Å²) in [7, 11) is 0. The molecule has 0 spiro atoms. The van der Waals surface area contributed by atoms with E-state index in [1.54, 1.807) is 0 Å². The first-order valence-corrected chi connectivity index (χ1v) is 8.27. The monoisotopic (exact) mass is 366 g/mol. The number of nitrogen functional groups attached to an aromatic ring is 1. The topological polar surface area (TPSA) is 64.3 Å². The first kappa shape index (κ1) is 19.6. The second kappa shape index (κ2) is 8.12. The van der Waals surface area contributed by atoms with E-state index in [0.717, 1.165) is 6.07 Å². The average molecular weight is 366 g/mol. The Hall–Kier alpha value is -2.70. The van der Waals surface area contributed by atoms with Crippen LogP contribution in [0.25, 0.3) is 0 Å². The number of ether oxygens (including phenoxy) is 1. The highest BCUT2D eigenvalue weighted by Crippen LogP contribution is 2.35. The fourth-order valence-corrected chi connectivity index (χ4v) is 2.61. The molecular formula is C19H21F3N2O2. The molecule has 0 bridgehead atoms. The number of carbonyl (C=O) groups is 1. The van der Waals surface area contributed by atoms with Gasteiger partial charge >= 0.3 is 5.97 Å². The number of esters is 1. The molecular weight excluding hydrogens is 345 g/mol. The van der Waals surface area contributed by atoms with Gasteiger partial charge in [-0.2, -0.15) is 0 Å². The molecule has 4 nitrogen and oxygen atoms in total. The highest BCUT2D eigenvalue weighted by Gasteiger charge is 2.21. The number of nitrogens with two attached hydrogens (primary N) is 1. The van der Waals surface area contributed by atoms with Gasteiger partial charge in [-0.05, 0) is 30.0 Å². The van der Waals surface area contributed by atoms with Crippen LogP contribution in [0.3, 0.4) is 0 Å². The Morgan fingerprint density at radius 2 is 1.88 bits per heavy atom. The van der Waals surface area contributed by atoms with Gasteiger partial charge in [0.1, 0.15) is 5.82 Å². The molecule has 0 atom stereocenters. The summed E-state index contributed by atoms with van der Waals surface area (Å²) in [5.41, 5.74) is 7.02. The van der Waals surface area contributed by atoms with E-state index >= 15 is 0 Å². The highest BCUT2D eigenvalue weighted by molar-refractivity contribution is 5.95. The van der Waals surface area contributed by atoms with Crippen LogP contribution >= 0.6 is 0 Å². The van der Waals surface area contributed by atoms with Crippen LogP contribution < -0.4 is 11.1 Å². The van der Waals surface area contributed by atoms with E-state index < -0.39 is 23.4 Å². The standard InChI is InChI=1S/C19H21F3N2O2/c1-4-7-26-19(25)12-5-6-14(18(23)16(12)10(2)3)24-15-9-11(20)8-13(21)17(15)22/h5-6,8-10,24H,4,7,23H2,1-3H3. The summed E-state index contributed by atoms with van der Waals surface area (Å²) in [5, 5.41) is 2.59. The SMILES string of the molecule is CCCOC(=O)c1ccc(Nc2cc(F)cc(F)c2F)c(N)c1C(C)C. The molecule has 0 aliphatic carbocycles. The molecule has 0 aliphatic heterocycles. The van der Waals surface area contributed by atoms with Crippen LogP contribution in [0, 0.1) is 17.5 Å². The zero-order valence-corrected chi connectivity index (χ0v) is 14.8. The Morgan fingerprint density at radius 3 is 2.50 bits per heavy atom. The van der Waals surface area contributed by atoms with Crippen LogP contribution in [0.4, 0.5) is 30.2 Å². The van der Waals surface area contributed by atoms with Gasteiger partial charge in [-0.1, -0.05) is 20.8 Å². The third-order valence-corrected chi connectivity index (χ3v) is 3.78. The first-order chi connectivity index (χ1) is 12.3. The van der Waals surface area contributed by atoms with Crippen LogP contribution in [-0.2, 0) is 4.74 Å². The third kappa shape index (κ3) is 4.09. The van der Waals surface area contributed by atoms with Crippen molar-refractivity contribution in [2.45, 2.75) is 33.1 Å². The van der Waals surface area contributed by atoms with Crippen molar-refractivity contribution in [2.24, 2.45) is 0 Å². The molecule has 2 aromatic carbocycles. The van der Waals surface area contributed by atoms with E-state index in [1.165, 1.54) is 12.1 Å². The van der Waals surface area contributed by atoms with Gasteiger partial charge in [-0.15, -0.1) is 0 Å². The molecule has 0 unspecified atom stereocenters. The predicted octanol–water partition coefficient (Wildman–Crippen LogP) is 5.12. The Balaban J connectivity index is 2.46. The fraction of sp³-hybridized carbons (Fsp3) is 0.316. The molecule has 0 radical (unpaired) electrons. The second-order valence-electron chi connectivity index (χ2n) is 6.15. The van der Waals surface area contributed by atoms with Gasteiger partial charge in [0.25, 0.3) is 0 Å². The van der Waals surface area contributed by atoms with Crippen molar-refractivity contribution in [1.29, 1.82) is 0 Å². The normalized spacial score (nSPS) is 10.9. The lowest BCUT2D eigenvalue weighted by atomic mass is 9.94. The lowest BCUT2D eigenvalue weighted by Gasteiger charge is -2.19. The maximum Gasteiger partial charge on any atom is 0.338 e. The summed E-state index contributed by atoms with van der Waals surface area (Å²) in [6.45, 7) is 5.85. The summed E-state index contributed by atoms with van der Waals surface area (Å²) in [5.74, 6) is -4.08. The Kier molecular flexibility index (Phi) is 6.13. The van der Waals surface area contributed by atoms with Gasteiger partial charge < -0.3 is 15.8 Å². The highest BCUT2D eigenvalue weighted by atomic mass is 19.2. The fourth-order valence-electron chi connectivity index (χ4n) is 2.61. The molecule has 0 aliphatic rings. The molecule has 26 heavy (non-hydrogen) atoms. The Morgan fingerprint density at radius 1 is 1.19 bits per heavy atom. The van der Waals surface area contributed by atoms with Crippen molar-refractivity contribution in [1.82, 2.24) is 0 Å². The summed E-state index contributed by atoms with van der Waals surface area (Å²) in [6, 6.07) is 4.23. The zero-order chi connectivity index (χ0) is 19.4. The quantitative estimate of drug-likeness (QED) is 0.423. The van der Waals surface area contributed by atoms with Gasteiger partial charge in [-0.3, -0.25) is 0 Å². The van der Waals surface area contributed by atoms with Crippen molar-refractivity contribution in [3.63, 3.8) is 0 Å². The van der Waals surface area contributed by atoms with Gasteiger partial charge in [-0.25, -0.2) is 18.0 Å². The molecule has 2 aromatic rings. The van der Waals surface area contributed by atoms with E-state index in [-0.39, 0.29) is 29.6 Å². The molecule has 140 valence electrons. The van der Waals surface area contributed by atoms with Crippen LogP contribution in [-0.4, -0.2) is 12.6 Å². The summed E-state index contributed by atoms with van der Waals surface area (Å²) in [6.07, 6.45) is 0.683. The van der Waals surface area contributed by atoms with Crippen molar-refractivity contribution < 1.29 is 22.7 Å². The van der Waals surface area contributed by atoms with Crippen LogP contribution in [0.1, 0.15) is 49.0 Å². The number of benzene rings is 2. The molecule has 0 fully saturated rings. The van der Waals surface area contributed by atoms with Gasteiger partial charge in [0, 0.05) is 12.1 Å². The molecule has 7 heteroatoms. The number of hydrogen-bond donors (Lipinski definition) is 2. The lowest BCUT2D eigenvalue weighted by Crippen LogP contribution is -2.13. The zero-order valence-electron chi connectivity index (χ0n) is 14.8. The summed E-state index contributed by atoms with van der Waals surface area (Å²) in [4.78, 5) is 12.2. The lowest BCUT2D eigenvalue weighted by molar-refractivity contribution is 0.0503. The molecule has 0 saturated heterocycles. The third-order valence-electron chi connectivity index (χ3n) is 3.78. The largest absolute Gasteiger partial charge is 0.462 e. The maximum absolute atomic E-state index is 13.9. The number of nitrogens with one attached hydrogen (secondary N) is 1.